The Labute approximate surface area is 85.9 Å². The Morgan fingerprint density at radius 3 is 2.71 bits per heavy atom. The van der Waals surface area contributed by atoms with Crippen LogP contribution in [0.25, 0.3) is 0 Å². The van der Waals surface area contributed by atoms with Gasteiger partial charge in [-0.2, -0.15) is 0 Å². The van der Waals surface area contributed by atoms with E-state index in [2.05, 4.69) is 5.32 Å². The summed E-state index contributed by atoms with van der Waals surface area (Å²) in [4.78, 5) is 11.2. The number of nitrogens with two attached hydrogens (primary N) is 1. The Hall–Kier alpha value is -0.610. The van der Waals surface area contributed by atoms with E-state index in [1.165, 1.54) is 0 Å². The van der Waals surface area contributed by atoms with Crippen molar-refractivity contribution in [1.82, 2.24) is 5.32 Å². The molecule has 0 saturated carbocycles. The molecule has 2 atom stereocenters. The first-order chi connectivity index (χ1) is 6.56. The van der Waals surface area contributed by atoms with Gasteiger partial charge in [-0.25, -0.2) is 0 Å². The maximum atomic E-state index is 11.2. The lowest BCUT2D eigenvalue weighted by Crippen LogP contribution is -2.31. The fourth-order valence-corrected chi connectivity index (χ4v) is 1.05. The Morgan fingerprint density at radius 2 is 2.21 bits per heavy atom. The first-order valence-corrected chi connectivity index (χ1v) is 5.26. The second-order valence-electron chi connectivity index (χ2n) is 3.74. The van der Waals surface area contributed by atoms with Crippen LogP contribution in [0.2, 0.25) is 0 Å². The highest BCUT2D eigenvalue weighted by Gasteiger charge is 2.05. The lowest BCUT2D eigenvalue weighted by molar-refractivity contribution is -0.121. The lowest BCUT2D eigenvalue weighted by Gasteiger charge is -2.09. The van der Waals surface area contributed by atoms with Crippen LogP contribution in [-0.2, 0) is 4.79 Å². The van der Waals surface area contributed by atoms with Gasteiger partial charge in [0.15, 0.2) is 0 Å². The van der Waals surface area contributed by atoms with Crippen LogP contribution in [0.4, 0.5) is 0 Å². The van der Waals surface area contributed by atoms with E-state index < -0.39 is 6.10 Å². The summed E-state index contributed by atoms with van der Waals surface area (Å²) in [5.74, 6) is -0.00171. The molecule has 84 valence electrons. The zero-order chi connectivity index (χ0) is 11.0. The van der Waals surface area contributed by atoms with Crippen molar-refractivity contribution in [3.8, 4) is 0 Å². The highest BCUT2D eigenvalue weighted by molar-refractivity contribution is 5.75. The van der Waals surface area contributed by atoms with Crippen LogP contribution in [0.5, 0.6) is 0 Å². The van der Waals surface area contributed by atoms with Gasteiger partial charge in [-0.15, -0.1) is 0 Å². The van der Waals surface area contributed by atoms with Gasteiger partial charge in [0.25, 0.3) is 0 Å². The van der Waals surface area contributed by atoms with Crippen molar-refractivity contribution in [2.45, 2.75) is 51.7 Å². The minimum atomic E-state index is -0.424. The number of carbonyl (C=O) groups is 1. The van der Waals surface area contributed by atoms with Crippen LogP contribution >= 0.6 is 0 Å². The smallest absolute Gasteiger partial charge is 0.220 e. The SMILES string of the molecule is CCC(O)CNC(=O)CCCC(C)N. The van der Waals surface area contributed by atoms with Gasteiger partial charge in [-0.05, 0) is 26.2 Å². The largest absolute Gasteiger partial charge is 0.391 e. The Balaban J connectivity index is 3.37. The van der Waals surface area contributed by atoms with Gasteiger partial charge in [-0.1, -0.05) is 6.92 Å². The number of carbonyl (C=O) groups excluding carboxylic acids is 1. The van der Waals surface area contributed by atoms with Crippen LogP contribution in [0.1, 0.15) is 39.5 Å². The molecule has 0 radical (unpaired) electrons. The molecule has 0 aliphatic heterocycles. The number of aliphatic hydroxyl groups excluding tert-OH is 1. The van der Waals surface area contributed by atoms with E-state index in [-0.39, 0.29) is 11.9 Å². The number of amides is 1. The van der Waals surface area contributed by atoms with E-state index >= 15 is 0 Å². The average Bonchev–Trinajstić information content (AvgIpc) is 2.13. The van der Waals surface area contributed by atoms with Crippen molar-refractivity contribution in [3.63, 3.8) is 0 Å². The number of nitrogens with one attached hydrogen (secondary N) is 1. The van der Waals surface area contributed by atoms with Crippen molar-refractivity contribution >= 4 is 5.91 Å². The normalized spacial score (nSPS) is 14.9. The van der Waals surface area contributed by atoms with Crippen molar-refractivity contribution in [3.05, 3.63) is 0 Å². The molecule has 0 heterocycles. The van der Waals surface area contributed by atoms with E-state index in [0.717, 1.165) is 12.8 Å². The highest BCUT2D eigenvalue weighted by atomic mass is 16.3. The molecule has 0 fully saturated rings. The molecule has 0 bridgehead atoms. The molecule has 4 heteroatoms. The summed E-state index contributed by atoms with van der Waals surface area (Å²) in [7, 11) is 0. The predicted molar refractivity (Wildman–Crippen MR) is 56.8 cm³/mol. The summed E-state index contributed by atoms with van der Waals surface area (Å²) in [6.07, 6.45) is 2.42. The topological polar surface area (TPSA) is 75.3 Å². The molecule has 2 unspecified atom stereocenters. The van der Waals surface area contributed by atoms with Crippen LogP contribution < -0.4 is 11.1 Å². The maximum Gasteiger partial charge on any atom is 0.220 e. The van der Waals surface area contributed by atoms with Gasteiger partial charge < -0.3 is 16.2 Å². The van der Waals surface area contributed by atoms with Crippen molar-refractivity contribution in [1.29, 1.82) is 0 Å². The van der Waals surface area contributed by atoms with E-state index in [0.29, 0.717) is 19.4 Å². The first kappa shape index (κ1) is 13.4. The molecule has 0 rings (SSSR count). The maximum absolute atomic E-state index is 11.2. The molecule has 14 heavy (non-hydrogen) atoms. The predicted octanol–water partition coefficient (Wildman–Crippen LogP) is 0.391. The van der Waals surface area contributed by atoms with E-state index in [9.17, 15) is 9.90 Å². The third-order valence-corrected chi connectivity index (χ3v) is 2.07. The fourth-order valence-electron chi connectivity index (χ4n) is 1.05. The molecular weight excluding hydrogens is 180 g/mol. The summed E-state index contributed by atoms with van der Waals surface area (Å²) >= 11 is 0. The molecule has 4 N–H and O–H groups in total. The zero-order valence-electron chi connectivity index (χ0n) is 9.12. The van der Waals surface area contributed by atoms with Crippen molar-refractivity contribution in [2.75, 3.05) is 6.54 Å². The lowest BCUT2D eigenvalue weighted by atomic mass is 10.1. The molecule has 0 spiro atoms. The zero-order valence-corrected chi connectivity index (χ0v) is 9.12. The summed E-state index contributed by atoms with van der Waals surface area (Å²) < 4.78 is 0. The van der Waals surface area contributed by atoms with Crippen molar-refractivity contribution < 1.29 is 9.90 Å². The van der Waals surface area contributed by atoms with Gasteiger partial charge in [0.2, 0.25) is 5.91 Å². The highest BCUT2D eigenvalue weighted by Crippen LogP contribution is 1.98. The second-order valence-corrected chi connectivity index (χ2v) is 3.74. The van der Waals surface area contributed by atoms with E-state index in [4.69, 9.17) is 5.73 Å². The molecule has 0 aromatic heterocycles. The summed E-state index contributed by atoms with van der Waals surface area (Å²) in [5, 5.41) is 11.9. The minimum Gasteiger partial charge on any atom is -0.391 e. The quantitative estimate of drug-likeness (QED) is 0.559. The fraction of sp³-hybridized carbons (Fsp3) is 0.900. The third kappa shape index (κ3) is 8.01. The summed E-state index contributed by atoms with van der Waals surface area (Å²) in [5.41, 5.74) is 5.55. The monoisotopic (exact) mass is 202 g/mol. The second kappa shape index (κ2) is 7.76. The molecule has 0 aliphatic carbocycles. The van der Waals surface area contributed by atoms with Gasteiger partial charge in [0.05, 0.1) is 6.10 Å². The average molecular weight is 202 g/mol. The molecular formula is C10H22N2O2. The van der Waals surface area contributed by atoms with E-state index in [1.807, 2.05) is 13.8 Å². The van der Waals surface area contributed by atoms with Crippen LogP contribution in [0.15, 0.2) is 0 Å². The van der Waals surface area contributed by atoms with Crippen LogP contribution in [0.3, 0.4) is 0 Å². The number of rotatable bonds is 7. The molecule has 1 amide bonds. The van der Waals surface area contributed by atoms with Crippen molar-refractivity contribution in [2.24, 2.45) is 5.73 Å². The number of hydrogen-bond acceptors (Lipinski definition) is 3. The number of aliphatic hydroxyl groups is 1. The summed E-state index contributed by atoms with van der Waals surface area (Å²) in [6, 6.07) is 0.157. The Morgan fingerprint density at radius 1 is 1.57 bits per heavy atom. The first-order valence-electron chi connectivity index (χ1n) is 5.26. The Bertz CT molecular complexity index is 160. The van der Waals surface area contributed by atoms with Gasteiger partial charge in [0, 0.05) is 19.0 Å². The Kier molecular flexibility index (Phi) is 7.42. The van der Waals surface area contributed by atoms with Crippen LogP contribution in [0, 0.1) is 0 Å². The standard InChI is InChI=1S/C10H22N2O2/c1-3-9(13)7-12-10(14)6-4-5-8(2)11/h8-9,13H,3-7,11H2,1-2H3,(H,12,14). The molecule has 0 saturated heterocycles. The minimum absolute atomic E-state index is 0.00171. The number of hydrogen-bond donors (Lipinski definition) is 3. The van der Waals surface area contributed by atoms with Gasteiger partial charge in [0.1, 0.15) is 0 Å². The third-order valence-electron chi connectivity index (χ3n) is 2.07. The molecule has 0 aromatic carbocycles. The van der Waals surface area contributed by atoms with Gasteiger partial charge >= 0.3 is 0 Å². The molecule has 0 aliphatic rings. The van der Waals surface area contributed by atoms with Crippen LogP contribution in [-0.4, -0.2) is 29.7 Å². The molecule has 4 nitrogen and oxygen atoms in total. The molecule has 0 aromatic rings. The summed E-state index contributed by atoms with van der Waals surface area (Å²) in [6.45, 7) is 4.17. The van der Waals surface area contributed by atoms with Gasteiger partial charge in [-0.3, -0.25) is 4.79 Å². The van der Waals surface area contributed by atoms with E-state index in [1.54, 1.807) is 0 Å².